The van der Waals surface area contributed by atoms with Gasteiger partial charge in [-0.3, -0.25) is 4.79 Å². The van der Waals surface area contributed by atoms with Crippen molar-refractivity contribution in [2.45, 2.75) is 32.1 Å². The average molecular weight is 331 g/mol. The van der Waals surface area contributed by atoms with Crippen molar-refractivity contribution >= 4 is 50.9 Å². The monoisotopic (exact) mass is 330 g/mol. The van der Waals surface area contributed by atoms with Gasteiger partial charge in [0.1, 0.15) is 21.4 Å². The number of thiophene rings is 1. The molecule has 0 saturated heterocycles. The maximum atomic E-state index is 11.6. The molecule has 2 aromatic rings. The van der Waals surface area contributed by atoms with Crippen LogP contribution in [0.3, 0.4) is 0 Å². The van der Waals surface area contributed by atoms with Crippen molar-refractivity contribution in [3.05, 3.63) is 22.4 Å². The Balaban J connectivity index is 1.91. The van der Waals surface area contributed by atoms with E-state index in [4.69, 9.17) is 16.3 Å². The number of thioether (sulfide) groups is 1. The van der Waals surface area contributed by atoms with Crippen LogP contribution in [0.2, 0.25) is 5.15 Å². The van der Waals surface area contributed by atoms with Crippen molar-refractivity contribution in [2.24, 2.45) is 0 Å². The number of hydrogen-bond donors (Lipinski definition) is 0. The Bertz CT molecular complexity index is 622. The van der Waals surface area contributed by atoms with Gasteiger partial charge >= 0.3 is 5.97 Å². The number of halogens is 1. The molecule has 2 aromatic heterocycles. The van der Waals surface area contributed by atoms with Crippen molar-refractivity contribution in [1.29, 1.82) is 0 Å². The van der Waals surface area contributed by atoms with Crippen LogP contribution in [0.1, 0.15) is 26.6 Å². The van der Waals surface area contributed by atoms with Gasteiger partial charge in [0.05, 0.1) is 11.5 Å². The van der Waals surface area contributed by atoms with Crippen LogP contribution in [0.5, 0.6) is 0 Å². The first-order valence-electron chi connectivity index (χ1n) is 6.04. The summed E-state index contributed by atoms with van der Waals surface area (Å²) >= 11 is 9.04. The van der Waals surface area contributed by atoms with E-state index >= 15 is 0 Å². The molecule has 0 aromatic carbocycles. The van der Waals surface area contributed by atoms with E-state index < -0.39 is 5.60 Å². The molecule has 20 heavy (non-hydrogen) atoms. The molecular formula is C13H15ClN2O2S2. The Labute approximate surface area is 130 Å². The van der Waals surface area contributed by atoms with Crippen LogP contribution < -0.4 is 0 Å². The third kappa shape index (κ3) is 4.33. The summed E-state index contributed by atoms with van der Waals surface area (Å²) in [6, 6.07) is 1.90. The van der Waals surface area contributed by atoms with Gasteiger partial charge in [-0.1, -0.05) is 11.6 Å². The molecule has 0 N–H and O–H groups in total. The summed E-state index contributed by atoms with van der Waals surface area (Å²) in [6.07, 6.45) is 0. The molecule has 4 nitrogen and oxygen atoms in total. The summed E-state index contributed by atoms with van der Waals surface area (Å²) in [6.45, 7) is 5.55. The zero-order valence-electron chi connectivity index (χ0n) is 11.5. The van der Waals surface area contributed by atoms with E-state index in [1.54, 1.807) is 0 Å². The van der Waals surface area contributed by atoms with E-state index in [0.29, 0.717) is 16.7 Å². The highest BCUT2D eigenvalue weighted by Gasteiger charge is 2.16. The highest BCUT2D eigenvalue weighted by molar-refractivity contribution is 7.99. The van der Waals surface area contributed by atoms with Gasteiger partial charge in [0.15, 0.2) is 0 Å². The number of aromatic nitrogens is 2. The number of rotatable bonds is 4. The van der Waals surface area contributed by atoms with Crippen molar-refractivity contribution in [2.75, 3.05) is 5.75 Å². The molecule has 2 heterocycles. The van der Waals surface area contributed by atoms with Crippen LogP contribution in [0, 0.1) is 0 Å². The van der Waals surface area contributed by atoms with Crippen LogP contribution in [-0.4, -0.2) is 27.3 Å². The number of carbonyl (C=O) groups excluding carboxylic acids is 1. The molecule has 0 spiro atoms. The minimum atomic E-state index is -0.451. The molecule has 0 saturated carbocycles. The largest absolute Gasteiger partial charge is 0.459 e. The van der Waals surface area contributed by atoms with E-state index in [-0.39, 0.29) is 11.7 Å². The first-order valence-corrected chi connectivity index (χ1v) is 8.45. The second-order valence-electron chi connectivity index (χ2n) is 5.15. The van der Waals surface area contributed by atoms with E-state index in [1.807, 2.05) is 32.2 Å². The number of ether oxygens (including phenoxy) is 1. The Kier molecular flexibility index (Phi) is 4.88. The van der Waals surface area contributed by atoms with Crippen LogP contribution in [-0.2, 0) is 15.3 Å². The van der Waals surface area contributed by atoms with Crippen LogP contribution >= 0.6 is 34.7 Å². The molecule has 0 atom stereocenters. The number of fused-ring (bicyclic) bond motifs is 1. The average Bonchev–Trinajstić information content (AvgIpc) is 2.75. The lowest BCUT2D eigenvalue weighted by Crippen LogP contribution is -2.25. The van der Waals surface area contributed by atoms with Gasteiger partial charge < -0.3 is 4.74 Å². The van der Waals surface area contributed by atoms with Crippen molar-refractivity contribution in [3.8, 4) is 0 Å². The molecule has 0 radical (unpaired) electrons. The molecule has 0 aliphatic carbocycles. The summed E-state index contributed by atoms with van der Waals surface area (Å²) < 4.78 is 5.23. The molecular weight excluding hydrogens is 316 g/mol. The van der Waals surface area contributed by atoms with E-state index in [0.717, 1.165) is 10.2 Å². The maximum Gasteiger partial charge on any atom is 0.316 e. The molecule has 0 amide bonds. The number of nitrogens with zero attached hydrogens (tertiary/aromatic N) is 2. The first kappa shape index (κ1) is 15.5. The highest BCUT2D eigenvalue weighted by atomic mass is 35.5. The standard InChI is InChI=1S/C13H15ClN2O2S2/c1-13(2,3)18-10(17)7-19-6-9-15-11(14)8-4-5-20-12(8)16-9/h4-5H,6-7H2,1-3H3. The lowest BCUT2D eigenvalue weighted by atomic mass is 10.2. The van der Waals surface area contributed by atoms with Gasteiger partial charge in [0.2, 0.25) is 0 Å². The van der Waals surface area contributed by atoms with Gasteiger partial charge in [-0.05, 0) is 32.2 Å². The van der Waals surface area contributed by atoms with Crippen LogP contribution in [0.15, 0.2) is 11.4 Å². The Morgan fingerprint density at radius 1 is 1.45 bits per heavy atom. The van der Waals surface area contributed by atoms with Gasteiger partial charge in [0, 0.05) is 5.39 Å². The predicted molar refractivity (Wildman–Crippen MR) is 84.4 cm³/mol. The molecule has 108 valence electrons. The predicted octanol–water partition coefficient (Wildman–Crippen LogP) is 3.92. The summed E-state index contributed by atoms with van der Waals surface area (Å²) in [4.78, 5) is 21.1. The van der Waals surface area contributed by atoms with E-state index in [2.05, 4.69) is 9.97 Å². The van der Waals surface area contributed by atoms with E-state index in [9.17, 15) is 4.79 Å². The minimum absolute atomic E-state index is 0.231. The van der Waals surface area contributed by atoms with Gasteiger partial charge in [-0.25, -0.2) is 9.97 Å². The second kappa shape index (κ2) is 6.28. The third-order valence-corrected chi connectivity index (χ3v) is 4.19. The molecule has 0 bridgehead atoms. The SMILES string of the molecule is CC(C)(C)OC(=O)CSCc1nc(Cl)c2ccsc2n1. The Morgan fingerprint density at radius 2 is 2.20 bits per heavy atom. The molecule has 2 rings (SSSR count). The molecule has 0 aliphatic rings. The quantitative estimate of drug-likeness (QED) is 0.628. The number of carbonyl (C=O) groups is 1. The Morgan fingerprint density at radius 3 is 2.90 bits per heavy atom. The second-order valence-corrected chi connectivity index (χ2v) is 7.39. The van der Waals surface area contributed by atoms with Crippen LogP contribution in [0.4, 0.5) is 0 Å². The maximum absolute atomic E-state index is 11.6. The van der Waals surface area contributed by atoms with E-state index in [1.165, 1.54) is 23.1 Å². The molecule has 0 fully saturated rings. The third-order valence-electron chi connectivity index (χ3n) is 2.20. The van der Waals surface area contributed by atoms with Crippen molar-refractivity contribution < 1.29 is 9.53 Å². The first-order chi connectivity index (χ1) is 9.35. The fraction of sp³-hybridized carbons (Fsp3) is 0.462. The Hall–Kier alpha value is -0.850. The molecule has 0 aliphatic heterocycles. The van der Waals surface area contributed by atoms with Gasteiger partial charge in [-0.2, -0.15) is 0 Å². The van der Waals surface area contributed by atoms with Crippen molar-refractivity contribution in [1.82, 2.24) is 9.97 Å². The van der Waals surface area contributed by atoms with Crippen molar-refractivity contribution in [3.63, 3.8) is 0 Å². The number of hydrogen-bond acceptors (Lipinski definition) is 6. The number of esters is 1. The normalized spacial score (nSPS) is 11.8. The summed E-state index contributed by atoms with van der Waals surface area (Å²) in [5.41, 5.74) is -0.451. The smallest absolute Gasteiger partial charge is 0.316 e. The van der Waals surface area contributed by atoms with Gasteiger partial charge in [0.25, 0.3) is 0 Å². The molecule has 0 unspecified atom stereocenters. The highest BCUT2D eigenvalue weighted by Crippen LogP contribution is 2.25. The lowest BCUT2D eigenvalue weighted by molar-refractivity contribution is -0.151. The summed E-state index contributed by atoms with van der Waals surface area (Å²) in [7, 11) is 0. The topological polar surface area (TPSA) is 52.1 Å². The fourth-order valence-electron chi connectivity index (χ4n) is 1.52. The zero-order valence-corrected chi connectivity index (χ0v) is 13.9. The fourth-order valence-corrected chi connectivity index (χ4v) is 3.25. The summed E-state index contributed by atoms with van der Waals surface area (Å²) in [5, 5.41) is 3.27. The lowest BCUT2D eigenvalue weighted by Gasteiger charge is -2.19. The van der Waals surface area contributed by atoms with Crippen LogP contribution in [0.25, 0.3) is 10.2 Å². The molecule has 7 heteroatoms. The summed E-state index contributed by atoms with van der Waals surface area (Å²) in [5.74, 6) is 1.22. The van der Waals surface area contributed by atoms with Gasteiger partial charge in [-0.15, -0.1) is 23.1 Å². The zero-order chi connectivity index (χ0) is 14.8. The minimum Gasteiger partial charge on any atom is -0.459 e.